The number of rotatable bonds is 8. The molecule has 1 aromatic rings. The summed E-state index contributed by atoms with van der Waals surface area (Å²) in [5, 5.41) is 9.58. The third kappa shape index (κ3) is 4.68. The van der Waals surface area contributed by atoms with Crippen LogP contribution in [0.1, 0.15) is 32.1 Å². The van der Waals surface area contributed by atoms with E-state index in [0.29, 0.717) is 12.0 Å². The molecule has 0 radical (unpaired) electrons. The zero-order valence-corrected chi connectivity index (χ0v) is 15.5. The summed E-state index contributed by atoms with van der Waals surface area (Å²) < 4.78 is 30.4. The predicted molar refractivity (Wildman–Crippen MR) is 90.9 cm³/mol. The summed E-state index contributed by atoms with van der Waals surface area (Å²) in [4.78, 5) is 25.8. The van der Waals surface area contributed by atoms with Crippen molar-refractivity contribution >= 4 is 7.60 Å². The minimum absolute atomic E-state index is 0.0908. The summed E-state index contributed by atoms with van der Waals surface area (Å²) in [6.45, 7) is 5.25. The highest BCUT2D eigenvalue weighted by Crippen LogP contribution is 2.52. The van der Waals surface area contributed by atoms with Gasteiger partial charge < -0.3 is 18.9 Å². The second-order valence-corrected chi connectivity index (χ2v) is 8.02. The third-order valence-corrected chi connectivity index (χ3v) is 6.33. The van der Waals surface area contributed by atoms with Gasteiger partial charge in [-0.05, 0) is 27.2 Å². The number of nitrogens with one attached hydrogen (secondary N) is 1. The second kappa shape index (κ2) is 8.42. The maximum atomic E-state index is 12.7. The molecule has 1 fully saturated rings. The van der Waals surface area contributed by atoms with Gasteiger partial charge in [0.1, 0.15) is 6.23 Å². The van der Waals surface area contributed by atoms with Crippen LogP contribution in [-0.4, -0.2) is 46.7 Å². The van der Waals surface area contributed by atoms with E-state index in [1.165, 1.54) is 10.8 Å². The van der Waals surface area contributed by atoms with E-state index in [-0.39, 0.29) is 31.9 Å². The molecule has 0 aliphatic carbocycles. The summed E-state index contributed by atoms with van der Waals surface area (Å²) in [6, 6.07) is 0. The number of aromatic nitrogens is 2. The average molecular weight is 376 g/mol. The first-order valence-corrected chi connectivity index (χ1v) is 10.0. The number of nitrogens with zero attached hydrogens (tertiary/aromatic N) is 1. The van der Waals surface area contributed by atoms with Crippen molar-refractivity contribution in [3.63, 3.8) is 0 Å². The minimum atomic E-state index is -3.30. The van der Waals surface area contributed by atoms with Gasteiger partial charge in [0.2, 0.25) is 0 Å². The van der Waals surface area contributed by atoms with Gasteiger partial charge in [0.25, 0.3) is 5.56 Å². The van der Waals surface area contributed by atoms with Crippen LogP contribution in [0.4, 0.5) is 0 Å². The van der Waals surface area contributed by atoms with Gasteiger partial charge in [0, 0.05) is 17.7 Å². The van der Waals surface area contributed by atoms with Crippen LogP contribution >= 0.6 is 7.60 Å². The van der Waals surface area contributed by atoms with Crippen molar-refractivity contribution in [3.05, 3.63) is 32.6 Å². The summed E-state index contributed by atoms with van der Waals surface area (Å²) in [7, 11) is -3.30. The van der Waals surface area contributed by atoms with Gasteiger partial charge in [0.05, 0.1) is 32.1 Å². The Morgan fingerprint density at radius 2 is 2.00 bits per heavy atom. The summed E-state index contributed by atoms with van der Waals surface area (Å²) in [5.41, 5.74) is -0.663. The maximum Gasteiger partial charge on any atom is 0.331 e. The quantitative estimate of drug-likeness (QED) is 0.650. The Labute approximate surface area is 145 Å². The zero-order valence-electron chi connectivity index (χ0n) is 14.6. The molecule has 0 saturated carbocycles. The van der Waals surface area contributed by atoms with Crippen molar-refractivity contribution in [3.8, 4) is 0 Å². The maximum absolute atomic E-state index is 12.7. The van der Waals surface area contributed by atoms with Gasteiger partial charge >= 0.3 is 13.3 Å². The van der Waals surface area contributed by atoms with E-state index in [4.69, 9.17) is 13.8 Å². The van der Waals surface area contributed by atoms with Gasteiger partial charge in [-0.25, -0.2) is 4.79 Å². The molecule has 9 nitrogen and oxygen atoms in total. The fraction of sp³-hybridized carbons (Fsp3) is 0.733. The van der Waals surface area contributed by atoms with E-state index >= 15 is 0 Å². The highest BCUT2D eigenvalue weighted by Gasteiger charge is 2.41. The number of hydrogen-bond acceptors (Lipinski definition) is 7. The van der Waals surface area contributed by atoms with Crippen LogP contribution in [0.5, 0.6) is 0 Å². The van der Waals surface area contributed by atoms with Gasteiger partial charge in [-0.2, -0.15) is 0 Å². The molecular weight excluding hydrogens is 351 g/mol. The van der Waals surface area contributed by atoms with Crippen LogP contribution in [-0.2, 0) is 18.3 Å². The molecule has 0 bridgehead atoms. The molecule has 1 aromatic heterocycles. The molecule has 1 aliphatic rings. The van der Waals surface area contributed by atoms with Crippen LogP contribution in [0.15, 0.2) is 15.8 Å². The van der Waals surface area contributed by atoms with Crippen LogP contribution in [0.2, 0.25) is 0 Å². The Kier molecular flexibility index (Phi) is 6.76. The molecule has 2 heterocycles. The molecule has 1 aliphatic heterocycles. The topological polar surface area (TPSA) is 120 Å². The Bertz CT molecular complexity index is 734. The van der Waals surface area contributed by atoms with Crippen LogP contribution in [0.25, 0.3) is 0 Å². The number of hydrogen-bond donors (Lipinski definition) is 2. The Morgan fingerprint density at radius 1 is 1.36 bits per heavy atom. The van der Waals surface area contributed by atoms with E-state index < -0.39 is 31.2 Å². The first kappa shape index (κ1) is 20.1. The summed E-state index contributed by atoms with van der Waals surface area (Å²) in [6.07, 6.45) is 0.599. The fourth-order valence-electron chi connectivity index (χ4n) is 2.97. The largest absolute Gasteiger partial charge is 0.394 e. The van der Waals surface area contributed by atoms with Gasteiger partial charge in [-0.1, -0.05) is 0 Å². The monoisotopic (exact) mass is 376 g/mol. The Morgan fingerprint density at radius 3 is 2.56 bits per heavy atom. The first-order chi connectivity index (χ1) is 11.8. The number of aliphatic hydroxyl groups is 1. The number of ether oxygens (including phenoxy) is 1. The smallest absolute Gasteiger partial charge is 0.331 e. The van der Waals surface area contributed by atoms with Crippen molar-refractivity contribution in [2.45, 2.75) is 39.5 Å². The van der Waals surface area contributed by atoms with E-state index in [9.17, 15) is 19.3 Å². The second-order valence-electron chi connectivity index (χ2n) is 5.92. The van der Waals surface area contributed by atoms with Crippen LogP contribution in [0, 0.1) is 12.8 Å². The molecular formula is C15H25N2O7P. The van der Waals surface area contributed by atoms with Crippen LogP contribution in [0.3, 0.4) is 0 Å². The molecule has 2 N–H and O–H groups in total. The number of aryl methyl sites for hydroxylation is 1. The molecule has 0 aromatic carbocycles. The third-order valence-electron chi connectivity index (χ3n) is 4.11. The molecule has 1 saturated heterocycles. The normalized spacial score (nSPS) is 23.9. The SMILES string of the molecule is CCOP(=O)(C[C@@H]1C[C@H](n2cc(C)c(=O)[nH]c2=O)O[C@@H]1CO)OCC. The molecule has 25 heavy (non-hydrogen) atoms. The van der Waals surface area contributed by atoms with Crippen molar-refractivity contribution < 1.29 is 23.5 Å². The molecule has 10 heteroatoms. The van der Waals surface area contributed by atoms with Gasteiger partial charge in [-0.3, -0.25) is 18.9 Å². The zero-order chi connectivity index (χ0) is 18.6. The van der Waals surface area contributed by atoms with Crippen LogP contribution < -0.4 is 11.2 Å². The van der Waals surface area contributed by atoms with Gasteiger partial charge in [-0.15, -0.1) is 0 Å². The Balaban J connectivity index is 2.23. The van der Waals surface area contributed by atoms with Crippen molar-refractivity contribution in [2.24, 2.45) is 5.92 Å². The predicted octanol–water partition coefficient (Wildman–Crippen LogP) is 1.01. The lowest BCUT2D eigenvalue weighted by molar-refractivity contribution is -0.0315. The number of aliphatic hydroxyl groups excluding tert-OH is 1. The van der Waals surface area contributed by atoms with Crippen molar-refractivity contribution in [2.75, 3.05) is 26.0 Å². The van der Waals surface area contributed by atoms with Crippen molar-refractivity contribution in [1.82, 2.24) is 9.55 Å². The highest BCUT2D eigenvalue weighted by molar-refractivity contribution is 7.53. The molecule has 0 spiro atoms. The number of H-pyrrole nitrogens is 1. The first-order valence-electron chi connectivity index (χ1n) is 8.30. The minimum Gasteiger partial charge on any atom is -0.394 e. The molecule has 2 rings (SSSR count). The van der Waals surface area contributed by atoms with E-state index in [1.54, 1.807) is 20.8 Å². The van der Waals surface area contributed by atoms with E-state index in [0.717, 1.165) is 0 Å². The number of aromatic amines is 1. The van der Waals surface area contributed by atoms with Crippen molar-refractivity contribution in [1.29, 1.82) is 0 Å². The highest BCUT2D eigenvalue weighted by atomic mass is 31.2. The van der Waals surface area contributed by atoms with E-state index in [1.807, 2.05) is 0 Å². The summed E-state index contributed by atoms with van der Waals surface area (Å²) in [5.74, 6) is -0.307. The molecule has 142 valence electrons. The standard InChI is InChI=1S/C15H25N2O7P/c1-4-22-25(21,23-5-2)9-11-6-13(24-12(11)8-18)17-7-10(3)14(19)16-15(17)20/h7,11-13,18H,4-6,8-9H2,1-3H3,(H,16,19,20)/t11-,12+,13+/m0/s1. The van der Waals surface area contributed by atoms with E-state index in [2.05, 4.69) is 4.98 Å². The lowest BCUT2D eigenvalue weighted by Crippen LogP contribution is -2.33. The molecule has 3 atom stereocenters. The molecule has 0 unspecified atom stereocenters. The summed E-state index contributed by atoms with van der Waals surface area (Å²) >= 11 is 0. The van der Waals surface area contributed by atoms with Gasteiger partial charge in [0.15, 0.2) is 0 Å². The molecule has 0 amide bonds. The lowest BCUT2D eigenvalue weighted by atomic mass is 10.0. The average Bonchev–Trinajstić information content (AvgIpc) is 2.93. The lowest BCUT2D eigenvalue weighted by Gasteiger charge is -2.22. The Hall–Kier alpha value is -1.25. The fourth-order valence-corrected chi connectivity index (χ4v) is 5.00.